The number of hydrogen-bond acceptors (Lipinski definition) is 2. The fourth-order valence-electron chi connectivity index (χ4n) is 3.11. The average Bonchev–Trinajstić information content (AvgIpc) is 3.11. The third kappa shape index (κ3) is 3.08. The lowest BCUT2D eigenvalue weighted by molar-refractivity contribution is 0.617. The summed E-state index contributed by atoms with van der Waals surface area (Å²) in [5, 5.41) is 3.45. The minimum Gasteiger partial charge on any atom is -0.368 e. The van der Waals surface area contributed by atoms with E-state index in [0.29, 0.717) is 18.0 Å². The third-order valence-corrected chi connectivity index (χ3v) is 4.23. The molecule has 1 saturated carbocycles. The van der Waals surface area contributed by atoms with Crippen LogP contribution in [0.5, 0.6) is 0 Å². The summed E-state index contributed by atoms with van der Waals surface area (Å²) in [6, 6.07) is 6.66. The highest BCUT2D eigenvalue weighted by atomic mass is 19.1. The summed E-state index contributed by atoms with van der Waals surface area (Å²) in [6.07, 6.45) is 3.73. The van der Waals surface area contributed by atoms with E-state index in [1.165, 1.54) is 19.3 Å². The molecule has 0 amide bonds. The average molecular weight is 262 g/mol. The summed E-state index contributed by atoms with van der Waals surface area (Å²) < 4.78 is 13.8. The minimum absolute atomic E-state index is 0.114. The van der Waals surface area contributed by atoms with Crippen LogP contribution in [0.25, 0.3) is 0 Å². The van der Waals surface area contributed by atoms with Gasteiger partial charge in [0, 0.05) is 30.9 Å². The maximum atomic E-state index is 13.8. The van der Waals surface area contributed by atoms with E-state index in [-0.39, 0.29) is 5.82 Å². The van der Waals surface area contributed by atoms with Crippen molar-refractivity contribution >= 4 is 5.69 Å². The van der Waals surface area contributed by atoms with E-state index in [4.69, 9.17) is 0 Å². The first-order valence-corrected chi connectivity index (χ1v) is 7.41. The van der Waals surface area contributed by atoms with Gasteiger partial charge in [-0.1, -0.05) is 6.92 Å². The van der Waals surface area contributed by atoms with Crippen LogP contribution in [-0.2, 0) is 6.54 Å². The van der Waals surface area contributed by atoms with Gasteiger partial charge >= 0.3 is 0 Å². The first-order chi connectivity index (χ1) is 9.11. The second-order valence-electron chi connectivity index (χ2n) is 6.32. The minimum atomic E-state index is -0.114. The number of rotatable bonds is 4. The Morgan fingerprint density at radius 2 is 2.05 bits per heavy atom. The number of nitrogens with zero attached hydrogens (tertiary/aromatic N) is 1. The highest BCUT2D eigenvalue weighted by Gasteiger charge is 2.27. The molecule has 104 valence electrons. The van der Waals surface area contributed by atoms with E-state index >= 15 is 0 Å². The Hall–Kier alpha value is -1.09. The van der Waals surface area contributed by atoms with Crippen LogP contribution in [0.2, 0.25) is 0 Å². The highest BCUT2D eigenvalue weighted by Crippen LogP contribution is 2.30. The molecule has 1 heterocycles. The van der Waals surface area contributed by atoms with Crippen LogP contribution >= 0.6 is 0 Å². The SMILES string of the molecule is CC1CC(C)N(c2cc(F)cc(CNC3CC3)c2)C1. The van der Waals surface area contributed by atoms with Crippen LogP contribution in [0, 0.1) is 11.7 Å². The van der Waals surface area contributed by atoms with Crippen molar-refractivity contribution in [1.82, 2.24) is 5.32 Å². The molecule has 1 aromatic rings. The maximum Gasteiger partial charge on any atom is 0.125 e. The van der Waals surface area contributed by atoms with Crippen molar-refractivity contribution < 1.29 is 4.39 Å². The smallest absolute Gasteiger partial charge is 0.125 e. The van der Waals surface area contributed by atoms with E-state index in [9.17, 15) is 4.39 Å². The topological polar surface area (TPSA) is 15.3 Å². The number of nitrogens with one attached hydrogen (secondary N) is 1. The molecule has 3 rings (SSSR count). The first kappa shape index (κ1) is 12.9. The molecule has 3 heteroatoms. The molecule has 1 N–H and O–H groups in total. The van der Waals surface area contributed by atoms with Gasteiger partial charge in [0.15, 0.2) is 0 Å². The van der Waals surface area contributed by atoms with Crippen molar-refractivity contribution in [2.45, 2.75) is 51.7 Å². The van der Waals surface area contributed by atoms with E-state index in [0.717, 1.165) is 24.3 Å². The zero-order valence-corrected chi connectivity index (χ0v) is 11.8. The largest absolute Gasteiger partial charge is 0.368 e. The zero-order chi connectivity index (χ0) is 13.4. The number of benzene rings is 1. The predicted octanol–water partition coefficient (Wildman–Crippen LogP) is 3.31. The van der Waals surface area contributed by atoms with Crippen molar-refractivity contribution in [2.24, 2.45) is 5.92 Å². The lowest BCUT2D eigenvalue weighted by atomic mass is 10.1. The molecular weight excluding hydrogens is 239 g/mol. The van der Waals surface area contributed by atoms with Crippen molar-refractivity contribution in [2.75, 3.05) is 11.4 Å². The maximum absolute atomic E-state index is 13.8. The van der Waals surface area contributed by atoms with E-state index in [2.05, 4.69) is 30.1 Å². The molecule has 19 heavy (non-hydrogen) atoms. The van der Waals surface area contributed by atoms with Crippen LogP contribution in [0.1, 0.15) is 38.7 Å². The van der Waals surface area contributed by atoms with Crippen molar-refractivity contribution in [1.29, 1.82) is 0 Å². The highest BCUT2D eigenvalue weighted by molar-refractivity contribution is 5.51. The van der Waals surface area contributed by atoms with Crippen LogP contribution < -0.4 is 10.2 Å². The fourth-order valence-corrected chi connectivity index (χ4v) is 3.11. The summed E-state index contributed by atoms with van der Waals surface area (Å²) in [6.45, 7) is 6.33. The van der Waals surface area contributed by atoms with Gasteiger partial charge in [-0.2, -0.15) is 0 Å². The molecule has 0 bridgehead atoms. The number of hydrogen-bond donors (Lipinski definition) is 1. The Balaban J connectivity index is 1.76. The summed E-state index contributed by atoms with van der Waals surface area (Å²) in [4.78, 5) is 2.34. The van der Waals surface area contributed by atoms with Gasteiger partial charge in [0.1, 0.15) is 5.82 Å². The monoisotopic (exact) mass is 262 g/mol. The van der Waals surface area contributed by atoms with Gasteiger partial charge in [0.2, 0.25) is 0 Å². The zero-order valence-electron chi connectivity index (χ0n) is 11.8. The molecule has 2 nitrogen and oxygen atoms in total. The van der Waals surface area contributed by atoms with Gasteiger partial charge < -0.3 is 10.2 Å². The van der Waals surface area contributed by atoms with Crippen LogP contribution in [0.15, 0.2) is 18.2 Å². The summed E-state index contributed by atoms with van der Waals surface area (Å²) in [7, 11) is 0. The van der Waals surface area contributed by atoms with Gasteiger partial charge in [-0.3, -0.25) is 0 Å². The molecule has 2 fully saturated rings. The summed E-state index contributed by atoms with van der Waals surface area (Å²) in [5.41, 5.74) is 2.11. The van der Waals surface area contributed by atoms with Crippen molar-refractivity contribution in [3.63, 3.8) is 0 Å². The van der Waals surface area contributed by atoms with Gasteiger partial charge in [-0.25, -0.2) is 4.39 Å². The Morgan fingerprint density at radius 3 is 2.68 bits per heavy atom. The summed E-state index contributed by atoms with van der Waals surface area (Å²) >= 11 is 0. The van der Waals surface area contributed by atoms with Crippen LogP contribution in [0.3, 0.4) is 0 Å². The molecule has 2 unspecified atom stereocenters. The van der Waals surface area contributed by atoms with Crippen molar-refractivity contribution in [3.05, 3.63) is 29.6 Å². The Morgan fingerprint density at radius 1 is 1.26 bits per heavy atom. The van der Waals surface area contributed by atoms with Crippen LogP contribution in [-0.4, -0.2) is 18.6 Å². The van der Waals surface area contributed by atoms with E-state index in [1.54, 1.807) is 12.1 Å². The van der Waals surface area contributed by atoms with Gasteiger partial charge in [-0.05, 0) is 55.9 Å². The first-order valence-electron chi connectivity index (χ1n) is 7.41. The second-order valence-corrected chi connectivity index (χ2v) is 6.32. The fraction of sp³-hybridized carbons (Fsp3) is 0.625. The molecule has 1 aliphatic heterocycles. The second kappa shape index (κ2) is 5.12. The molecule has 1 aliphatic carbocycles. The normalized spacial score (nSPS) is 27.0. The standard InChI is InChI=1S/C16H23FN2/c1-11-5-12(2)19(10-11)16-7-13(6-14(17)8-16)9-18-15-3-4-15/h6-8,11-12,15,18H,3-5,9-10H2,1-2H3. The predicted molar refractivity (Wildman–Crippen MR) is 76.9 cm³/mol. The van der Waals surface area contributed by atoms with E-state index < -0.39 is 0 Å². The Bertz CT molecular complexity index is 456. The number of halogens is 1. The third-order valence-electron chi connectivity index (χ3n) is 4.23. The molecule has 0 spiro atoms. The molecule has 0 radical (unpaired) electrons. The lowest BCUT2D eigenvalue weighted by Crippen LogP contribution is -2.27. The summed E-state index contributed by atoms with van der Waals surface area (Å²) in [5.74, 6) is 0.586. The molecule has 2 atom stereocenters. The van der Waals surface area contributed by atoms with Gasteiger partial charge in [0.25, 0.3) is 0 Å². The van der Waals surface area contributed by atoms with E-state index in [1.807, 2.05) is 0 Å². The molecule has 0 aromatic heterocycles. The van der Waals surface area contributed by atoms with Gasteiger partial charge in [-0.15, -0.1) is 0 Å². The molecular formula is C16H23FN2. The van der Waals surface area contributed by atoms with Crippen molar-refractivity contribution in [3.8, 4) is 0 Å². The molecule has 1 aromatic carbocycles. The Kier molecular flexibility index (Phi) is 3.48. The Labute approximate surface area is 115 Å². The number of anilines is 1. The van der Waals surface area contributed by atoms with Gasteiger partial charge in [0.05, 0.1) is 0 Å². The van der Waals surface area contributed by atoms with Crippen LogP contribution in [0.4, 0.5) is 10.1 Å². The molecule has 2 aliphatic rings. The quantitative estimate of drug-likeness (QED) is 0.895. The molecule has 1 saturated heterocycles. The lowest BCUT2D eigenvalue weighted by Gasteiger charge is -2.24.